The first kappa shape index (κ1) is 12.8. The van der Waals surface area contributed by atoms with Gasteiger partial charge in [0.25, 0.3) is 0 Å². The molecule has 1 atom stereocenters. The van der Waals surface area contributed by atoms with Crippen molar-refractivity contribution in [2.75, 3.05) is 13.1 Å². The van der Waals surface area contributed by atoms with E-state index in [4.69, 9.17) is 0 Å². The number of nitrogens with zero attached hydrogens (tertiary/aromatic N) is 1. The SMILES string of the molecule is CCC1(C(=O)O)CCCN(S(=O)(=O)C2CC2)C1. The van der Waals surface area contributed by atoms with Gasteiger partial charge in [-0.05, 0) is 32.1 Å². The third-order valence-electron chi connectivity index (χ3n) is 3.98. The largest absolute Gasteiger partial charge is 0.481 e. The van der Waals surface area contributed by atoms with Gasteiger partial charge < -0.3 is 5.11 Å². The van der Waals surface area contributed by atoms with Gasteiger partial charge in [0.05, 0.1) is 10.7 Å². The van der Waals surface area contributed by atoms with E-state index in [1.807, 2.05) is 6.92 Å². The van der Waals surface area contributed by atoms with Crippen molar-refractivity contribution < 1.29 is 18.3 Å². The second-order valence-electron chi connectivity index (χ2n) is 5.12. The molecule has 6 heteroatoms. The van der Waals surface area contributed by atoms with Crippen LogP contribution >= 0.6 is 0 Å². The van der Waals surface area contributed by atoms with Gasteiger partial charge >= 0.3 is 5.97 Å². The van der Waals surface area contributed by atoms with Crippen LogP contribution < -0.4 is 0 Å². The van der Waals surface area contributed by atoms with Gasteiger partial charge in [0.15, 0.2) is 0 Å². The van der Waals surface area contributed by atoms with Crippen LogP contribution in [0.3, 0.4) is 0 Å². The molecule has 0 amide bonds. The summed E-state index contributed by atoms with van der Waals surface area (Å²) >= 11 is 0. The third-order valence-corrected chi connectivity index (χ3v) is 6.32. The molecule has 17 heavy (non-hydrogen) atoms. The molecule has 0 spiro atoms. The molecule has 98 valence electrons. The average Bonchev–Trinajstić information content (AvgIpc) is 3.13. The van der Waals surface area contributed by atoms with Crippen LogP contribution in [0.5, 0.6) is 0 Å². The lowest BCUT2D eigenvalue weighted by molar-refractivity contribution is -0.151. The molecule has 0 aromatic carbocycles. The fourth-order valence-corrected chi connectivity index (χ4v) is 4.46. The van der Waals surface area contributed by atoms with Gasteiger partial charge in [-0.1, -0.05) is 6.92 Å². The minimum atomic E-state index is -3.23. The maximum absolute atomic E-state index is 12.1. The van der Waals surface area contributed by atoms with Crippen molar-refractivity contribution >= 4 is 16.0 Å². The molecular weight excluding hydrogens is 242 g/mol. The Hall–Kier alpha value is -0.620. The highest BCUT2D eigenvalue weighted by atomic mass is 32.2. The number of aliphatic carboxylic acids is 1. The number of carboxylic acids is 1. The van der Waals surface area contributed by atoms with Gasteiger partial charge in [-0.3, -0.25) is 4.79 Å². The van der Waals surface area contributed by atoms with Gasteiger partial charge in [0.2, 0.25) is 10.0 Å². The quantitative estimate of drug-likeness (QED) is 0.821. The Morgan fingerprint density at radius 1 is 1.47 bits per heavy atom. The highest BCUT2D eigenvalue weighted by Gasteiger charge is 2.47. The van der Waals surface area contributed by atoms with Crippen LogP contribution in [0.4, 0.5) is 0 Å². The van der Waals surface area contributed by atoms with Crippen molar-refractivity contribution in [1.29, 1.82) is 0 Å². The summed E-state index contributed by atoms with van der Waals surface area (Å²) in [7, 11) is -3.23. The van der Waals surface area contributed by atoms with E-state index in [9.17, 15) is 18.3 Å². The summed E-state index contributed by atoms with van der Waals surface area (Å²) in [5.41, 5.74) is -0.875. The molecule has 1 N–H and O–H groups in total. The number of carboxylic acid groups (broad SMARTS) is 1. The minimum absolute atomic E-state index is 0.150. The van der Waals surface area contributed by atoms with Crippen LogP contribution in [-0.4, -0.2) is 42.1 Å². The molecule has 1 aliphatic heterocycles. The molecule has 0 aromatic heterocycles. The molecule has 0 aromatic rings. The number of piperidine rings is 1. The Labute approximate surface area is 102 Å². The zero-order valence-electron chi connectivity index (χ0n) is 10.1. The van der Waals surface area contributed by atoms with E-state index >= 15 is 0 Å². The van der Waals surface area contributed by atoms with E-state index in [2.05, 4.69) is 0 Å². The summed E-state index contributed by atoms with van der Waals surface area (Å²) < 4.78 is 25.6. The summed E-state index contributed by atoms with van der Waals surface area (Å²) in [4.78, 5) is 11.3. The van der Waals surface area contributed by atoms with Crippen LogP contribution in [0, 0.1) is 5.41 Å². The maximum Gasteiger partial charge on any atom is 0.310 e. The van der Waals surface area contributed by atoms with E-state index in [0.717, 1.165) is 12.8 Å². The van der Waals surface area contributed by atoms with Gasteiger partial charge in [-0.2, -0.15) is 0 Å². The molecule has 1 unspecified atom stereocenters. The number of hydrogen-bond donors (Lipinski definition) is 1. The second-order valence-corrected chi connectivity index (χ2v) is 7.33. The Balaban J connectivity index is 2.19. The van der Waals surface area contributed by atoms with E-state index in [1.165, 1.54) is 4.31 Å². The van der Waals surface area contributed by atoms with Crippen molar-refractivity contribution in [2.24, 2.45) is 5.41 Å². The average molecular weight is 261 g/mol. The Kier molecular flexibility index (Phi) is 3.20. The molecule has 5 nitrogen and oxygen atoms in total. The smallest absolute Gasteiger partial charge is 0.310 e. The summed E-state index contributed by atoms with van der Waals surface area (Å²) in [5, 5.41) is 9.06. The molecule has 0 radical (unpaired) electrons. The topological polar surface area (TPSA) is 74.7 Å². The summed E-state index contributed by atoms with van der Waals surface area (Å²) in [6.45, 7) is 2.45. The Bertz CT molecular complexity index is 415. The summed E-state index contributed by atoms with van der Waals surface area (Å²) in [5.74, 6) is -0.865. The molecule has 1 saturated carbocycles. The third kappa shape index (κ3) is 2.20. The Morgan fingerprint density at radius 3 is 2.59 bits per heavy atom. The van der Waals surface area contributed by atoms with Crippen LogP contribution in [0.25, 0.3) is 0 Å². The molecular formula is C11H19NO4S. The van der Waals surface area contributed by atoms with Crippen molar-refractivity contribution in [3.05, 3.63) is 0 Å². The summed E-state index contributed by atoms with van der Waals surface area (Å²) in [6.07, 6.45) is 3.16. The lowest BCUT2D eigenvalue weighted by Crippen LogP contribution is -2.50. The predicted molar refractivity (Wildman–Crippen MR) is 63.1 cm³/mol. The van der Waals surface area contributed by atoms with Crippen LogP contribution in [-0.2, 0) is 14.8 Å². The fourth-order valence-electron chi connectivity index (χ4n) is 2.50. The normalized spacial score (nSPS) is 31.4. The first-order chi connectivity index (χ1) is 7.92. The van der Waals surface area contributed by atoms with Gasteiger partial charge in [-0.15, -0.1) is 0 Å². The molecule has 2 aliphatic rings. The molecule has 0 bridgehead atoms. The van der Waals surface area contributed by atoms with E-state index in [0.29, 0.717) is 25.8 Å². The molecule has 1 heterocycles. The summed E-state index contributed by atoms with van der Waals surface area (Å²) in [6, 6.07) is 0. The first-order valence-electron chi connectivity index (χ1n) is 6.15. The number of sulfonamides is 1. The number of carbonyl (C=O) groups is 1. The second kappa shape index (κ2) is 4.24. The number of hydrogen-bond acceptors (Lipinski definition) is 3. The van der Waals surface area contributed by atoms with E-state index in [-0.39, 0.29) is 11.8 Å². The predicted octanol–water partition coefficient (Wildman–Crippen LogP) is 1.06. The lowest BCUT2D eigenvalue weighted by atomic mass is 9.78. The van der Waals surface area contributed by atoms with Crippen LogP contribution in [0.1, 0.15) is 39.0 Å². The zero-order chi connectivity index (χ0) is 12.7. The molecule has 2 rings (SSSR count). The first-order valence-corrected chi connectivity index (χ1v) is 7.65. The van der Waals surface area contributed by atoms with E-state index in [1.54, 1.807) is 0 Å². The van der Waals surface area contributed by atoms with E-state index < -0.39 is 21.4 Å². The maximum atomic E-state index is 12.1. The standard InChI is InChI=1S/C11H19NO4S/c1-2-11(10(13)14)6-3-7-12(8-11)17(15,16)9-4-5-9/h9H,2-8H2,1H3,(H,13,14). The lowest BCUT2D eigenvalue weighted by Gasteiger charge is -2.38. The van der Waals surface area contributed by atoms with Crippen molar-refractivity contribution in [2.45, 2.75) is 44.3 Å². The molecule has 1 aliphatic carbocycles. The molecule has 1 saturated heterocycles. The van der Waals surface area contributed by atoms with Gasteiger partial charge in [-0.25, -0.2) is 12.7 Å². The van der Waals surface area contributed by atoms with Gasteiger partial charge in [0, 0.05) is 13.1 Å². The zero-order valence-corrected chi connectivity index (χ0v) is 10.9. The minimum Gasteiger partial charge on any atom is -0.481 e. The van der Waals surface area contributed by atoms with Crippen LogP contribution in [0.15, 0.2) is 0 Å². The molecule has 2 fully saturated rings. The number of rotatable bonds is 4. The monoisotopic (exact) mass is 261 g/mol. The van der Waals surface area contributed by atoms with Crippen molar-refractivity contribution in [3.63, 3.8) is 0 Å². The Morgan fingerprint density at radius 2 is 2.12 bits per heavy atom. The highest BCUT2D eigenvalue weighted by Crippen LogP contribution is 2.38. The van der Waals surface area contributed by atoms with Crippen molar-refractivity contribution in [1.82, 2.24) is 4.31 Å². The van der Waals surface area contributed by atoms with Crippen LogP contribution in [0.2, 0.25) is 0 Å². The highest BCUT2D eigenvalue weighted by molar-refractivity contribution is 7.90. The van der Waals surface area contributed by atoms with Crippen molar-refractivity contribution in [3.8, 4) is 0 Å². The fraction of sp³-hybridized carbons (Fsp3) is 0.909. The van der Waals surface area contributed by atoms with Gasteiger partial charge in [0.1, 0.15) is 0 Å².